The summed E-state index contributed by atoms with van der Waals surface area (Å²) in [6.07, 6.45) is 4.55. The molecule has 0 atom stereocenters. The van der Waals surface area contributed by atoms with Crippen LogP contribution in [-0.2, 0) is 0 Å². The highest BCUT2D eigenvalue weighted by Gasteiger charge is 2.17. The van der Waals surface area contributed by atoms with Crippen LogP contribution in [0.15, 0.2) is 41.5 Å². The zero-order valence-corrected chi connectivity index (χ0v) is 13.0. The van der Waals surface area contributed by atoms with Crippen molar-refractivity contribution in [2.75, 3.05) is 0 Å². The van der Waals surface area contributed by atoms with Crippen molar-refractivity contribution in [1.29, 1.82) is 0 Å². The quantitative estimate of drug-likeness (QED) is 0.407. The van der Waals surface area contributed by atoms with E-state index < -0.39 is 5.82 Å². The summed E-state index contributed by atoms with van der Waals surface area (Å²) in [6.45, 7) is 9.84. The lowest BCUT2D eigenvalue weighted by atomic mass is 9.95. The van der Waals surface area contributed by atoms with Gasteiger partial charge in [-0.3, -0.25) is 4.79 Å². The first-order valence-electron chi connectivity index (χ1n) is 7.00. The molecule has 0 amide bonds. The maximum Gasteiger partial charge on any atom is 0.195 e. The molecule has 1 aromatic carbocycles. The van der Waals surface area contributed by atoms with E-state index in [4.69, 9.17) is 0 Å². The molecule has 1 nitrogen and oxygen atoms in total. The molecule has 108 valence electrons. The minimum atomic E-state index is -0.454. The third-order valence-corrected chi connectivity index (χ3v) is 3.15. The van der Waals surface area contributed by atoms with E-state index in [1.165, 1.54) is 6.07 Å². The molecule has 0 fully saturated rings. The fourth-order valence-corrected chi connectivity index (χ4v) is 2.31. The summed E-state index contributed by atoms with van der Waals surface area (Å²) in [6, 6.07) is 4.71. The number of ketones is 1. The number of aryl methyl sites for hydroxylation is 1. The van der Waals surface area contributed by atoms with Crippen LogP contribution in [0.3, 0.4) is 0 Å². The molecule has 1 aromatic rings. The summed E-state index contributed by atoms with van der Waals surface area (Å²) < 4.78 is 13.9. The Labute approximate surface area is 121 Å². The molecule has 0 spiro atoms. The molecule has 0 bridgehead atoms. The standard InChI is InChI=1S/C18H23FO/c1-6-15(11-13(4)10-12(2)3)18(20)17-14(5)8-7-9-16(17)19/h6-9,11-12H,10H2,1-5H3/b13-11+,15-6+. The van der Waals surface area contributed by atoms with Gasteiger partial charge >= 0.3 is 0 Å². The van der Waals surface area contributed by atoms with Gasteiger partial charge in [0, 0.05) is 5.57 Å². The predicted octanol–water partition coefficient (Wildman–Crippen LogP) is 5.26. The van der Waals surface area contributed by atoms with Crippen molar-refractivity contribution < 1.29 is 9.18 Å². The van der Waals surface area contributed by atoms with E-state index in [0.717, 1.165) is 12.0 Å². The molecule has 0 N–H and O–H groups in total. The van der Waals surface area contributed by atoms with Gasteiger partial charge in [-0.15, -0.1) is 0 Å². The number of allylic oxidation sites excluding steroid dienone is 4. The molecule has 20 heavy (non-hydrogen) atoms. The van der Waals surface area contributed by atoms with Crippen molar-refractivity contribution in [2.24, 2.45) is 5.92 Å². The fraction of sp³-hybridized carbons (Fsp3) is 0.389. The Hall–Kier alpha value is -1.70. The van der Waals surface area contributed by atoms with Crippen molar-refractivity contribution in [3.05, 3.63) is 58.4 Å². The molecule has 1 rings (SSSR count). The first kappa shape index (κ1) is 16.4. The van der Waals surface area contributed by atoms with Gasteiger partial charge in [0.1, 0.15) is 5.82 Å². The highest BCUT2D eigenvalue weighted by atomic mass is 19.1. The van der Waals surface area contributed by atoms with E-state index in [-0.39, 0.29) is 11.3 Å². The van der Waals surface area contributed by atoms with Gasteiger partial charge in [-0.25, -0.2) is 4.39 Å². The normalized spacial score (nSPS) is 12.9. The first-order valence-corrected chi connectivity index (χ1v) is 7.00. The second-order valence-corrected chi connectivity index (χ2v) is 5.59. The van der Waals surface area contributed by atoms with Crippen LogP contribution in [0, 0.1) is 18.7 Å². The number of rotatable bonds is 5. The maximum absolute atomic E-state index is 13.9. The summed E-state index contributed by atoms with van der Waals surface area (Å²) in [5.74, 6) is -0.162. The van der Waals surface area contributed by atoms with Crippen LogP contribution in [0.4, 0.5) is 4.39 Å². The zero-order chi connectivity index (χ0) is 15.3. The molecule has 0 saturated carbocycles. The summed E-state index contributed by atoms with van der Waals surface area (Å²) >= 11 is 0. The van der Waals surface area contributed by atoms with E-state index >= 15 is 0 Å². The number of carbonyl (C=O) groups excluding carboxylic acids is 1. The largest absolute Gasteiger partial charge is 0.289 e. The van der Waals surface area contributed by atoms with Crippen LogP contribution >= 0.6 is 0 Å². The summed E-state index contributed by atoms with van der Waals surface area (Å²) in [5, 5.41) is 0. The molecule has 0 aliphatic rings. The maximum atomic E-state index is 13.9. The lowest BCUT2D eigenvalue weighted by molar-refractivity contribution is 0.103. The van der Waals surface area contributed by atoms with Crippen molar-refractivity contribution in [3.8, 4) is 0 Å². The average Bonchev–Trinajstić information content (AvgIpc) is 2.34. The van der Waals surface area contributed by atoms with Crippen LogP contribution in [0.5, 0.6) is 0 Å². The number of carbonyl (C=O) groups is 1. The summed E-state index contributed by atoms with van der Waals surface area (Å²) in [7, 11) is 0. The number of hydrogen-bond donors (Lipinski definition) is 0. The Balaban J connectivity index is 3.12. The lowest BCUT2D eigenvalue weighted by Gasteiger charge is -2.09. The smallest absolute Gasteiger partial charge is 0.195 e. The average molecular weight is 274 g/mol. The van der Waals surface area contributed by atoms with Crippen molar-refractivity contribution >= 4 is 5.78 Å². The first-order chi connectivity index (χ1) is 9.36. The Kier molecular flexibility index (Phi) is 5.87. The SMILES string of the molecule is C/C=C(\C=C(/C)CC(C)C)C(=O)c1c(C)cccc1F. The Morgan fingerprint density at radius 3 is 2.50 bits per heavy atom. The Morgan fingerprint density at radius 2 is 2.00 bits per heavy atom. The zero-order valence-electron chi connectivity index (χ0n) is 13.0. The molecule has 0 unspecified atom stereocenters. The number of benzene rings is 1. The van der Waals surface area contributed by atoms with Gasteiger partial charge in [-0.1, -0.05) is 43.7 Å². The third kappa shape index (κ3) is 4.16. The molecule has 0 radical (unpaired) electrons. The molecule has 0 saturated heterocycles. The fourth-order valence-electron chi connectivity index (χ4n) is 2.31. The van der Waals surface area contributed by atoms with E-state index in [9.17, 15) is 9.18 Å². The molecular weight excluding hydrogens is 251 g/mol. The van der Waals surface area contributed by atoms with Crippen molar-refractivity contribution in [3.63, 3.8) is 0 Å². The van der Waals surface area contributed by atoms with E-state index in [2.05, 4.69) is 13.8 Å². The number of halogens is 1. The number of hydrogen-bond acceptors (Lipinski definition) is 1. The van der Waals surface area contributed by atoms with E-state index in [1.807, 2.05) is 19.9 Å². The van der Waals surface area contributed by atoms with E-state index in [0.29, 0.717) is 17.1 Å². The van der Waals surface area contributed by atoms with Gasteiger partial charge in [0.05, 0.1) is 5.56 Å². The van der Waals surface area contributed by atoms with Crippen LogP contribution in [0.25, 0.3) is 0 Å². The van der Waals surface area contributed by atoms with Crippen molar-refractivity contribution in [2.45, 2.75) is 41.0 Å². The van der Waals surface area contributed by atoms with Gasteiger partial charge in [-0.05, 0) is 44.7 Å². The minimum Gasteiger partial charge on any atom is -0.289 e. The third-order valence-electron chi connectivity index (χ3n) is 3.15. The summed E-state index contributed by atoms with van der Waals surface area (Å²) in [4.78, 5) is 12.5. The van der Waals surface area contributed by atoms with Gasteiger partial charge in [0.25, 0.3) is 0 Å². The Bertz CT molecular complexity index is 530. The van der Waals surface area contributed by atoms with Gasteiger partial charge in [0.15, 0.2) is 5.78 Å². The minimum absolute atomic E-state index is 0.175. The monoisotopic (exact) mass is 274 g/mol. The van der Waals surface area contributed by atoms with Crippen LogP contribution in [-0.4, -0.2) is 5.78 Å². The second kappa shape index (κ2) is 7.18. The van der Waals surface area contributed by atoms with Crippen LogP contribution in [0.1, 0.15) is 50.0 Å². The van der Waals surface area contributed by atoms with Crippen molar-refractivity contribution in [1.82, 2.24) is 0 Å². The van der Waals surface area contributed by atoms with Crippen LogP contribution < -0.4 is 0 Å². The topological polar surface area (TPSA) is 17.1 Å². The second-order valence-electron chi connectivity index (χ2n) is 5.59. The molecule has 2 heteroatoms. The van der Waals surface area contributed by atoms with Crippen LogP contribution in [0.2, 0.25) is 0 Å². The highest BCUT2D eigenvalue weighted by molar-refractivity contribution is 6.11. The molecular formula is C18H23FO. The van der Waals surface area contributed by atoms with Gasteiger partial charge in [0.2, 0.25) is 0 Å². The highest BCUT2D eigenvalue weighted by Crippen LogP contribution is 2.20. The molecule has 0 aliphatic carbocycles. The summed E-state index contributed by atoms with van der Waals surface area (Å²) in [5.41, 5.74) is 2.53. The molecule has 0 aliphatic heterocycles. The lowest BCUT2D eigenvalue weighted by Crippen LogP contribution is -2.07. The van der Waals surface area contributed by atoms with E-state index in [1.54, 1.807) is 25.1 Å². The molecule has 0 aromatic heterocycles. The molecule has 0 heterocycles. The Morgan fingerprint density at radius 1 is 1.35 bits per heavy atom. The van der Waals surface area contributed by atoms with Gasteiger partial charge < -0.3 is 0 Å². The van der Waals surface area contributed by atoms with Gasteiger partial charge in [-0.2, -0.15) is 0 Å². The number of Topliss-reactive ketones (excluding diaryl/α,β-unsaturated/α-hetero) is 1. The predicted molar refractivity (Wildman–Crippen MR) is 82.4 cm³/mol.